The van der Waals surface area contributed by atoms with Gasteiger partial charge in [0.1, 0.15) is 0 Å². The van der Waals surface area contributed by atoms with Crippen molar-refractivity contribution >= 4 is 16.0 Å². The Hall–Kier alpha value is -0.780. The molecule has 0 aromatic carbocycles. The molecule has 4 rings (SSSR count). The van der Waals surface area contributed by atoms with E-state index in [1.807, 2.05) is 0 Å². The van der Waals surface area contributed by atoms with Gasteiger partial charge in [-0.15, -0.1) is 0 Å². The molecule has 4 fully saturated rings. The minimum absolute atomic E-state index is 0.0464. The highest BCUT2D eigenvalue weighted by molar-refractivity contribution is 7.85. The first-order valence-electron chi connectivity index (χ1n) is 27.6. The maximum absolute atomic E-state index is 12.2. The number of aliphatic hydroxyl groups excluding tert-OH is 3. The summed E-state index contributed by atoms with van der Waals surface area (Å²) in [7, 11) is -4.35. The third-order valence-electron chi connectivity index (χ3n) is 18.0. The zero-order chi connectivity index (χ0) is 47.2. The molecule has 4 saturated carbocycles. The number of unbranched alkanes of at least 4 members (excludes halogenated alkanes) is 16. The van der Waals surface area contributed by atoms with Gasteiger partial charge in [-0.2, -0.15) is 0 Å². The van der Waals surface area contributed by atoms with Crippen molar-refractivity contribution < 1.29 is 37.6 Å². The molecule has 4 N–H and O–H groups in total. The quantitative estimate of drug-likeness (QED) is 0.0307. The molecule has 11 atom stereocenters. The summed E-state index contributed by atoms with van der Waals surface area (Å²) in [6.45, 7) is 21.6. The third-order valence-corrected chi connectivity index (χ3v) is 18.7. The summed E-state index contributed by atoms with van der Waals surface area (Å²) in [4.78, 5) is 12.2. The molecule has 1 amide bonds. The van der Waals surface area contributed by atoms with Crippen LogP contribution < -0.4 is 5.32 Å². The number of hydrogen-bond acceptors (Lipinski definition) is 7. The lowest BCUT2D eigenvalue weighted by Crippen LogP contribution is -2.62. The Morgan fingerprint density at radius 2 is 1.19 bits per heavy atom. The fourth-order valence-electron chi connectivity index (χ4n) is 13.9. The molecule has 0 aliphatic heterocycles. The Labute approximate surface area is 395 Å². The van der Waals surface area contributed by atoms with Gasteiger partial charge in [0, 0.05) is 13.0 Å². The first-order chi connectivity index (χ1) is 30.5. The number of rotatable bonds is 31. The molecule has 0 aromatic rings. The Balaban J connectivity index is 0.000000348. The Bertz CT molecular complexity index is 1360. The average Bonchev–Trinajstić information content (AvgIpc) is 3.62. The monoisotopic (exact) mass is 925 g/mol. The van der Waals surface area contributed by atoms with Crippen LogP contribution in [0, 0.1) is 46.3 Å². The summed E-state index contributed by atoms with van der Waals surface area (Å²) >= 11 is 0. The fraction of sp³-hybridized carbons (Fsp3) is 0.981. The van der Waals surface area contributed by atoms with E-state index >= 15 is 0 Å². The highest BCUT2D eigenvalue weighted by atomic mass is 32.2. The molecule has 0 heterocycles. The van der Waals surface area contributed by atoms with E-state index in [1.54, 1.807) is 0 Å². The number of carbonyl (C=O) groups excluding carboxylic acids is 1. The van der Waals surface area contributed by atoms with Crippen LogP contribution in [0.3, 0.4) is 0 Å². The molecule has 0 spiro atoms. The largest absolute Gasteiger partial charge is 0.748 e. The molecule has 0 bridgehead atoms. The van der Waals surface area contributed by atoms with Crippen LogP contribution in [-0.2, 0) is 14.9 Å². The number of amides is 1. The second-order valence-corrected chi connectivity index (χ2v) is 24.1. The summed E-state index contributed by atoms with van der Waals surface area (Å²) in [6, 6.07) is 0. The lowest BCUT2D eigenvalue weighted by molar-refractivity contribution is -0.929. The second kappa shape index (κ2) is 29.3. The van der Waals surface area contributed by atoms with Gasteiger partial charge in [0.15, 0.2) is 0 Å². The van der Waals surface area contributed by atoms with Gasteiger partial charge in [0.05, 0.1) is 60.4 Å². The van der Waals surface area contributed by atoms with Crippen molar-refractivity contribution in [1.82, 2.24) is 5.32 Å². The molecule has 0 radical (unpaired) electrons. The number of nitrogens with zero attached hydrogens (tertiary/aromatic N) is 1. The average molecular weight is 926 g/mol. The summed E-state index contributed by atoms with van der Waals surface area (Å²) in [5.41, 5.74) is -0.267. The predicted octanol–water partition coefficient (Wildman–Crippen LogP) is 11.7. The maximum Gasteiger partial charge on any atom is 0.220 e. The Morgan fingerprint density at radius 3 is 1.70 bits per heavy atom. The van der Waals surface area contributed by atoms with Crippen LogP contribution in [0.1, 0.15) is 235 Å². The number of carbonyl (C=O) groups is 1. The van der Waals surface area contributed by atoms with E-state index in [0.29, 0.717) is 18.8 Å². The van der Waals surface area contributed by atoms with Gasteiger partial charge in [-0.05, 0) is 130 Å². The number of quaternary nitrogens is 1. The van der Waals surface area contributed by atoms with Gasteiger partial charge in [-0.3, -0.25) is 4.79 Å². The topological polar surface area (TPSA) is 147 Å². The van der Waals surface area contributed by atoms with Crippen LogP contribution in [-0.4, -0.2) is 95.5 Å². The molecule has 378 valence electrons. The van der Waals surface area contributed by atoms with Crippen molar-refractivity contribution in [2.24, 2.45) is 46.3 Å². The molecule has 0 saturated heterocycles. The van der Waals surface area contributed by atoms with E-state index in [4.69, 9.17) is 0 Å². The first kappa shape index (κ1) is 57.5. The number of nitrogens with one attached hydrogen (secondary N) is 1. The van der Waals surface area contributed by atoms with Crippen molar-refractivity contribution in [3.8, 4) is 0 Å². The highest BCUT2D eigenvalue weighted by Gasteiger charge is 2.65. The smallest absolute Gasteiger partial charge is 0.220 e. The minimum atomic E-state index is -4.35. The van der Waals surface area contributed by atoms with Crippen LogP contribution in [0.5, 0.6) is 0 Å². The van der Waals surface area contributed by atoms with E-state index in [0.717, 1.165) is 38.5 Å². The van der Waals surface area contributed by atoms with Gasteiger partial charge >= 0.3 is 0 Å². The molecule has 9 nitrogen and oxygen atoms in total. The molecule has 10 heteroatoms. The molecule has 4 aliphatic carbocycles. The van der Waals surface area contributed by atoms with Crippen LogP contribution in [0.15, 0.2) is 0 Å². The Kier molecular flexibility index (Phi) is 26.3. The van der Waals surface area contributed by atoms with Gasteiger partial charge in [-0.25, -0.2) is 8.42 Å². The SMILES string of the molecule is CCCCCCCCCCCCCCCC[N+](CCCC)(CCCC)CCCC.C[C@H](CCC(=O)NCCS(=O)(=O)[O-])[C@H]1CCC2C3C(C[C@H](O)[C@@]21C)[C@@]1(C)CC[C@@H](O)CC1C[C@H]3O. The van der Waals surface area contributed by atoms with Crippen molar-refractivity contribution in [1.29, 1.82) is 0 Å². The zero-order valence-corrected chi connectivity index (χ0v) is 43.6. The number of hydrogen-bond donors (Lipinski definition) is 4. The van der Waals surface area contributed by atoms with Gasteiger partial charge in [0.2, 0.25) is 5.91 Å². The van der Waals surface area contributed by atoms with E-state index in [9.17, 15) is 33.1 Å². The molecule has 4 aliphatic rings. The van der Waals surface area contributed by atoms with Gasteiger partial charge in [-0.1, -0.05) is 145 Å². The second-order valence-electron chi connectivity index (χ2n) is 22.5. The third kappa shape index (κ3) is 17.6. The first-order valence-corrected chi connectivity index (χ1v) is 29.2. The highest BCUT2D eigenvalue weighted by Crippen LogP contribution is 2.68. The van der Waals surface area contributed by atoms with Crippen LogP contribution in [0.25, 0.3) is 0 Å². The summed E-state index contributed by atoms with van der Waals surface area (Å²) < 4.78 is 33.6. The molecular formula is C54H104N2O7S. The lowest BCUT2D eigenvalue weighted by atomic mass is 9.43. The minimum Gasteiger partial charge on any atom is -0.748 e. The summed E-state index contributed by atoms with van der Waals surface area (Å²) in [5, 5.41) is 35.7. The van der Waals surface area contributed by atoms with Crippen molar-refractivity contribution in [2.45, 2.75) is 253 Å². The van der Waals surface area contributed by atoms with Crippen molar-refractivity contribution in [2.75, 3.05) is 38.5 Å². The van der Waals surface area contributed by atoms with Crippen LogP contribution in [0.2, 0.25) is 0 Å². The standard InChI is InChI=1S/C28H60N.C26H45NO7S/c1-5-9-13-14-15-16-17-18-19-20-21-22-23-24-28-29(25-10-6-2,26-11-7-3)27-12-8-4;1-15(4-7-23(31)27-10-11-35(32,33)34)18-5-6-19-24-20(14-22(30)26(18,19)3)25(2)9-8-17(28)12-16(25)13-21(24)29/h5-28H2,1-4H3;15-22,24,28-30H,4-14H2,1-3H3,(H,27,31)(H,32,33,34)/q+1;/p-1/t;15-,16?,17-,18-,19?,20?,21-,22+,24?,25+,26-/m.1/s1. The fourth-order valence-corrected chi connectivity index (χ4v) is 14.2. The predicted molar refractivity (Wildman–Crippen MR) is 265 cm³/mol. The Morgan fingerprint density at radius 1 is 0.688 bits per heavy atom. The van der Waals surface area contributed by atoms with E-state index in [1.165, 1.54) is 159 Å². The van der Waals surface area contributed by atoms with Crippen molar-refractivity contribution in [3.05, 3.63) is 0 Å². The lowest BCUT2D eigenvalue weighted by Gasteiger charge is -2.63. The maximum atomic E-state index is 12.2. The molecule has 0 aromatic heterocycles. The van der Waals surface area contributed by atoms with Crippen molar-refractivity contribution in [3.63, 3.8) is 0 Å². The van der Waals surface area contributed by atoms with E-state index < -0.39 is 28.1 Å². The normalized spacial score (nSPS) is 30.7. The van der Waals surface area contributed by atoms with E-state index in [2.05, 4.69) is 53.8 Å². The molecular weight excluding hydrogens is 821 g/mol. The van der Waals surface area contributed by atoms with Gasteiger partial charge in [0.25, 0.3) is 0 Å². The zero-order valence-electron chi connectivity index (χ0n) is 42.8. The molecule has 4 unspecified atom stereocenters. The van der Waals surface area contributed by atoms with Crippen LogP contribution >= 0.6 is 0 Å². The van der Waals surface area contributed by atoms with Gasteiger partial charge < -0.3 is 29.7 Å². The summed E-state index contributed by atoms with van der Waals surface area (Å²) in [5.74, 6) is 0.522. The number of fused-ring (bicyclic) bond motifs is 5. The summed E-state index contributed by atoms with van der Waals surface area (Å²) in [6.07, 6.45) is 34.5. The molecule has 64 heavy (non-hydrogen) atoms. The van der Waals surface area contributed by atoms with Crippen LogP contribution in [0.4, 0.5) is 0 Å². The number of aliphatic hydroxyl groups is 3. The van der Waals surface area contributed by atoms with E-state index in [-0.39, 0.29) is 65.4 Å².